The zero-order valence-corrected chi connectivity index (χ0v) is 12.9. The van der Waals surface area contributed by atoms with Crippen molar-refractivity contribution in [1.82, 2.24) is 14.5 Å². The van der Waals surface area contributed by atoms with Gasteiger partial charge in [-0.25, -0.2) is 4.98 Å². The molecule has 23 heavy (non-hydrogen) atoms. The number of halogens is 1. The fourth-order valence-electron chi connectivity index (χ4n) is 2.46. The Labute approximate surface area is 155 Å². The number of hydrogen-bond acceptors (Lipinski definition) is 2. The van der Waals surface area contributed by atoms with Gasteiger partial charge in [-0.15, -0.1) is 0 Å². The van der Waals surface area contributed by atoms with Crippen molar-refractivity contribution in [3.05, 3.63) is 64.8 Å². The fourth-order valence-corrected chi connectivity index (χ4v) is 2.56. The van der Waals surface area contributed by atoms with Gasteiger partial charge in [0.15, 0.2) is 0 Å². The number of nitrogens with zero attached hydrogens (tertiary/aromatic N) is 3. The van der Waals surface area contributed by atoms with E-state index in [-0.39, 0.29) is 30.7 Å². The topological polar surface area (TPSA) is 21.1 Å². The first-order valence-corrected chi connectivity index (χ1v) is 7.59. The van der Waals surface area contributed by atoms with Gasteiger partial charge >= 0.3 is 0 Å². The first kappa shape index (κ1) is 7.37. The molecule has 0 bridgehead atoms. The monoisotopic (exact) mass is 335 g/mol. The molecule has 3 aromatic rings. The molecule has 4 heteroatoms. The Balaban J connectivity index is 1.97. The van der Waals surface area contributed by atoms with Gasteiger partial charge in [0.05, 0.1) is 25.8 Å². The van der Waals surface area contributed by atoms with Crippen LogP contribution in [0.2, 0.25) is 5.02 Å². The average Bonchev–Trinajstić information content (AvgIpc) is 3.21. The number of fused-ring (bicyclic) bond motifs is 1. The Morgan fingerprint density at radius 3 is 2.70 bits per heavy atom. The zero-order valence-electron chi connectivity index (χ0n) is 22.2. The van der Waals surface area contributed by atoms with Crippen LogP contribution in [0.3, 0.4) is 0 Å². The second-order valence-corrected chi connectivity index (χ2v) is 5.43. The number of hydrogen-bond donors (Lipinski definition) is 0. The molecule has 0 aliphatic carbocycles. The number of imidazole rings is 1. The highest BCUT2D eigenvalue weighted by Crippen LogP contribution is 2.21. The largest absolute Gasteiger partial charge is 0.322 e. The maximum absolute atomic E-state index is 8.90. The maximum atomic E-state index is 8.90. The standard InChI is InChI=1S/C19H20ClN3/c20-16-9-7-15(8-10-16)13-23-18-6-2-1-5-17(18)21-19(23)14-22-11-3-4-12-22/h1-2,5-10H,3-4,11-14H2/i7D,8D,9D,10D,11D2,12D2,13D2. The van der Waals surface area contributed by atoms with E-state index in [0.29, 0.717) is 5.52 Å². The van der Waals surface area contributed by atoms with Crippen LogP contribution in [0, 0.1) is 0 Å². The molecule has 0 amide bonds. The van der Waals surface area contributed by atoms with Crippen LogP contribution in [0.4, 0.5) is 0 Å². The van der Waals surface area contributed by atoms with Crippen LogP contribution in [0.15, 0.2) is 48.4 Å². The van der Waals surface area contributed by atoms with E-state index in [4.69, 9.17) is 25.3 Å². The number of para-hydroxylation sites is 2. The summed E-state index contributed by atoms with van der Waals surface area (Å²) in [7, 11) is 0. The van der Waals surface area contributed by atoms with E-state index in [2.05, 4.69) is 4.98 Å². The summed E-state index contributed by atoms with van der Waals surface area (Å²) >= 11 is 5.89. The molecule has 2 aromatic carbocycles. The number of benzene rings is 2. The summed E-state index contributed by atoms with van der Waals surface area (Å²) in [6, 6.07) is 4.10. The maximum Gasteiger partial charge on any atom is 0.124 e. The van der Waals surface area contributed by atoms with Gasteiger partial charge in [0.2, 0.25) is 0 Å². The van der Waals surface area contributed by atoms with Crippen LogP contribution >= 0.6 is 11.6 Å². The summed E-state index contributed by atoms with van der Waals surface area (Å²) in [6.07, 6.45) is -0.0785. The molecule has 0 spiro atoms. The number of aromatic nitrogens is 2. The van der Waals surface area contributed by atoms with Gasteiger partial charge in [-0.2, -0.15) is 0 Å². The zero-order chi connectivity index (χ0) is 24.5. The summed E-state index contributed by atoms with van der Waals surface area (Å²) in [5.74, 6) is -0.0114. The summed E-state index contributed by atoms with van der Waals surface area (Å²) in [5.41, 5.74) is 0.101. The molecular formula is C19H20ClN3. The van der Waals surface area contributed by atoms with Gasteiger partial charge in [0.1, 0.15) is 5.82 Å². The molecule has 2 heterocycles. The van der Waals surface area contributed by atoms with Crippen molar-refractivity contribution >= 4 is 22.6 Å². The van der Waals surface area contributed by atoms with Gasteiger partial charge in [-0.3, -0.25) is 4.90 Å². The van der Waals surface area contributed by atoms with Crippen molar-refractivity contribution in [2.24, 2.45) is 0 Å². The summed E-state index contributed by atoms with van der Waals surface area (Å²) in [5, 5.41) is -0.418. The van der Waals surface area contributed by atoms with Crippen molar-refractivity contribution < 1.29 is 13.7 Å². The van der Waals surface area contributed by atoms with E-state index in [9.17, 15) is 0 Å². The van der Waals surface area contributed by atoms with Crippen LogP contribution in [-0.4, -0.2) is 27.4 Å². The minimum Gasteiger partial charge on any atom is -0.322 e. The van der Waals surface area contributed by atoms with E-state index >= 15 is 0 Å². The van der Waals surface area contributed by atoms with E-state index < -0.39 is 54.2 Å². The molecule has 4 rings (SSSR count). The van der Waals surface area contributed by atoms with Gasteiger partial charge in [-0.05, 0) is 55.6 Å². The molecule has 0 saturated carbocycles. The number of likely N-dealkylation sites (tertiary alicyclic amines) is 1. The van der Waals surface area contributed by atoms with Gasteiger partial charge < -0.3 is 4.57 Å². The Kier molecular flexibility index (Phi) is 2.03. The van der Waals surface area contributed by atoms with Crippen LogP contribution in [0.1, 0.15) is 37.9 Å². The Morgan fingerprint density at radius 1 is 1.17 bits per heavy atom. The molecule has 118 valence electrons. The van der Waals surface area contributed by atoms with E-state index in [1.165, 1.54) is 0 Å². The lowest BCUT2D eigenvalue weighted by molar-refractivity contribution is 0.318. The van der Waals surface area contributed by atoms with Crippen molar-refractivity contribution in [2.45, 2.75) is 25.9 Å². The van der Waals surface area contributed by atoms with Crippen molar-refractivity contribution in [3.63, 3.8) is 0 Å². The Hall–Kier alpha value is -1.84. The molecular weight excluding hydrogens is 306 g/mol. The van der Waals surface area contributed by atoms with Crippen LogP contribution in [0.25, 0.3) is 11.0 Å². The minimum atomic E-state index is -2.64. The SMILES string of the molecule is [2H]c1c([2H])c(C([2H])([2H])n2c(CN3C([2H])([2H])CCC3([2H])[2H])nc3ccccc32)c([2H])c([2H])c1Cl. The Bertz CT molecular complexity index is 1210. The molecule has 1 aliphatic heterocycles. The summed E-state index contributed by atoms with van der Waals surface area (Å²) in [4.78, 5) is 5.42. The predicted octanol–water partition coefficient (Wildman–Crippen LogP) is 4.33. The highest BCUT2D eigenvalue weighted by Gasteiger charge is 2.17. The molecule has 0 atom stereocenters. The van der Waals surface area contributed by atoms with Crippen molar-refractivity contribution in [1.29, 1.82) is 0 Å². The fraction of sp³-hybridized carbons (Fsp3) is 0.316. The first-order chi connectivity index (χ1) is 15.2. The van der Waals surface area contributed by atoms with Crippen LogP contribution in [0.5, 0.6) is 0 Å². The molecule has 0 unspecified atom stereocenters. The van der Waals surface area contributed by atoms with Crippen molar-refractivity contribution in [2.75, 3.05) is 13.0 Å². The molecule has 0 N–H and O–H groups in total. The predicted molar refractivity (Wildman–Crippen MR) is 94.8 cm³/mol. The van der Waals surface area contributed by atoms with Crippen LogP contribution < -0.4 is 0 Å². The third kappa shape index (κ3) is 3.12. The van der Waals surface area contributed by atoms with E-state index in [0.717, 1.165) is 9.47 Å². The van der Waals surface area contributed by atoms with Gasteiger partial charge in [0, 0.05) is 17.0 Å². The number of rotatable bonds is 4. The second-order valence-electron chi connectivity index (χ2n) is 5.06. The van der Waals surface area contributed by atoms with Crippen molar-refractivity contribution in [3.8, 4) is 0 Å². The van der Waals surface area contributed by atoms with Gasteiger partial charge in [-0.1, -0.05) is 35.8 Å². The summed E-state index contributed by atoms with van der Waals surface area (Å²) in [6.45, 7) is -6.98. The molecule has 1 saturated heterocycles. The average molecular weight is 336 g/mol. The molecule has 1 fully saturated rings. The highest BCUT2D eigenvalue weighted by molar-refractivity contribution is 6.30. The van der Waals surface area contributed by atoms with E-state index in [1.807, 2.05) is 0 Å². The molecule has 3 nitrogen and oxygen atoms in total. The molecule has 0 radical (unpaired) electrons. The third-order valence-electron chi connectivity index (χ3n) is 3.48. The smallest absolute Gasteiger partial charge is 0.124 e. The van der Waals surface area contributed by atoms with Gasteiger partial charge in [0.25, 0.3) is 0 Å². The normalized spacial score (nSPS) is 26.8. The lowest BCUT2D eigenvalue weighted by atomic mass is 10.2. The van der Waals surface area contributed by atoms with E-state index in [1.54, 1.807) is 24.3 Å². The lowest BCUT2D eigenvalue weighted by Crippen LogP contribution is -2.21. The third-order valence-corrected chi connectivity index (χ3v) is 3.67. The highest BCUT2D eigenvalue weighted by atomic mass is 35.5. The van der Waals surface area contributed by atoms with Crippen LogP contribution in [-0.2, 0) is 13.0 Å². The molecule has 1 aliphatic rings. The minimum absolute atomic E-state index is 0.0114. The lowest BCUT2D eigenvalue weighted by Gasteiger charge is -2.16. The second kappa shape index (κ2) is 6.34. The Morgan fingerprint density at radius 2 is 1.91 bits per heavy atom. The summed E-state index contributed by atoms with van der Waals surface area (Å²) < 4.78 is 84.3. The first-order valence-electron chi connectivity index (χ1n) is 12.2. The molecule has 1 aromatic heterocycles. The quantitative estimate of drug-likeness (QED) is 0.707.